The Morgan fingerprint density at radius 3 is 1.71 bits per heavy atom. The molecule has 23 heteroatoms. The lowest BCUT2D eigenvalue weighted by molar-refractivity contribution is -0.543. The molecule has 0 aliphatic rings. The summed E-state index contributed by atoms with van der Waals surface area (Å²) >= 11 is 0. The topological polar surface area (TPSA) is 71.9 Å². The highest BCUT2D eigenvalue weighted by molar-refractivity contribution is 5.56. The Hall–Kier alpha value is -3.34. The molecule has 0 fully saturated rings. The third kappa shape index (κ3) is 11.8. The van der Waals surface area contributed by atoms with E-state index in [1.807, 2.05) is 0 Å². The second-order valence-electron chi connectivity index (χ2n) is 10.5. The van der Waals surface area contributed by atoms with E-state index in [1.54, 1.807) is 0 Å². The molecule has 2 rings (SSSR count). The molecular weight excluding hydrogens is 748 g/mol. The minimum Gasteiger partial charge on any atom is -0.490 e. The van der Waals surface area contributed by atoms with E-state index < -0.39 is 68.4 Å². The molecular formula is C28H28F16N2O5. The van der Waals surface area contributed by atoms with Crippen LogP contribution in [0.2, 0.25) is 0 Å². The zero-order chi connectivity index (χ0) is 38.9. The molecule has 0 bridgehead atoms. The second kappa shape index (κ2) is 17.0. The number of benzene rings is 1. The third-order valence-corrected chi connectivity index (χ3v) is 6.25. The number of ether oxygens (including phenoxy) is 5. The lowest BCUT2D eigenvalue weighted by Crippen LogP contribution is -2.64. The summed E-state index contributed by atoms with van der Waals surface area (Å²) in [5.41, 5.74) is 0.486. The summed E-state index contributed by atoms with van der Waals surface area (Å²) in [5, 5.41) is 0. The van der Waals surface area contributed by atoms with Gasteiger partial charge >= 0.3 is 42.5 Å². The molecule has 1 heterocycles. The van der Waals surface area contributed by atoms with Crippen molar-refractivity contribution in [3.05, 3.63) is 36.7 Å². The molecule has 0 amide bonds. The van der Waals surface area contributed by atoms with Crippen LogP contribution in [0.4, 0.5) is 70.2 Å². The first kappa shape index (κ1) is 43.8. The number of aromatic nitrogens is 2. The van der Waals surface area contributed by atoms with Crippen molar-refractivity contribution in [2.24, 2.45) is 0 Å². The van der Waals surface area contributed by atoms with Crippen LogP contribution in [-0.2, 0) is 14.2 Å². The van der Waals surface area contributed by atoms with Gasteiger partial charge in [-0.15, -0.1) is 0 Å². The molecule has 292 valence electrons. The van der Waals surface area contributed by atoms with E-state index in [1.165, 1.54) is 41.4 Å². The maximum Gasteiger partial charge on any atom is 0.460 e. The number of unbranched alkanes of at least 4 members (excludes halogenated alkanes) is 4. The maximum atomic E-state index is 14.1. The van der Waals surface area contributed by atoms with Gasteiger partial charge in [0.2, 0.25) is 0 Å². The van der Waals surface area contributed by atoms with Crippen LogP contribution in [0.15, 0.2) is 36.7 Å². The molecule has 0 N–H and O–H groups in total. The monoisotopic (exact) mass is 776 g/mol. The predicted molar refractivity (Wildman–Crippen MR) is 141 cm³/mol. The van der Waals surface area contributed by atoms with E-state index >= 15 is 0 Å². The van der Waals surface area contributed by atoms with Crippen molar-refractivity contribution in [3.8, 4) is 22.9 Å². The molecule has 2 aromatic rings. The Balaban J connectivity index is 1.85. The quantitative estimate of drug-likeness (QED) is 0.0872. The summed E-state index contributed by atoms with van der Waals surface area (Å²) in [5.74, 6) is -15.1. The first-order valence-corrected chi connectivity index (χ1v) is 14.4. The minimum atomic E-state index is -7.97. The van der Waals surface area contributed by atoms with E-state index in [-0.39, 0.29) is 11.6 Å². The highest BCUT2D eigenvalue weighted by Gasteiger charge is 2.85. The summed E-state index contributed by atoms with van der Waals surface area (Å²) in [4.78, 5) is 8.33. The van der Waals surface area contributed by atoms with Gasteiger partial charge in [0.05, 0.1) is 25.6 Å². The van der Waals surface area contributed by atoms with Gasteiger partial charge in [0.15, 0.2) is 17.7 Å². The van der Waals surface area contributed by atoms with Gasteiger partial charge in [-0.05, 0) is 30.7 Å². The Morgan fingerprint density at radius 2 is 1.16 bits per heavy atom. The fourth-order valence-corrected chi connectivity index (χ4v) is 3.60. The molecule has 1 aromatic heterocycles. The lowest BCUT2D eigenvalue weighted by Gasteiger charge is -2.36. The Labute approximate surface area is 278 Å². The van der Waals surface area contributed by atoms with E-state index in [0.717, 1.165) is 32.1 Å². The van der Waals surface area contributed by atoms with Gasteiger partial charge in [-0.25, -0.2) is 23.8 Å². The van der Waals surface area contributed by atoms with Crippen molar-refractivity contribution in [2.45, 2.75) is 87.7 Å². The van der Waals surface area contributed by atoms with Crippen molar-refractivity contribution >= 4 is 0 Å². The number of alkyl halides is 16. The van der Waals surface area contributed by atoms with Gasteiger partial charge in [-0.2, -0.15) is 65.9 Å². The molecule has 0 saturated heterocycles. The average molecular weight is 777 g/mol. The highest BCUT2D eigenvalue weighted by atomic mass is 19.4. The van der Waals surface area contributed by atoms with E-state index in [4.69, 9.17) is 9.47 Å². The van der Waals surface area contributed by atoms with Crippen LogP contribution in [-0.4, -0.2) is 85.0 Å². The van der Waals surface area contributed by atoms with Crippen LogP contribution in [0, 0.1) is 0 Å². The zero-order valence-electron chi connectivity index (χ0n) is 25.9. The molecule has 1 atom stereocenters. The Bertz CT molecular complexity index is 1350. The fourth-order valence-electron chi connectivity index (χ4n) is 3.60. The molecule has 0 aliphatic heterocycles. The zero-order valence-corrected chi connectivity index (χ0v) is 25.9. The van der Waals surface area contributed by atoms with E-state index in [0.29, 0.717) is 17.9 Å². The van der Waals surface area contributed by atoms with E-state index in [9.17, 15) is 70.2 Å². The van der Waals surface area contributed by atoms with Crippen LogP contribution in [0.5, 0.6) is 11.5 Å². The van der Waals surface area contributed by atoms with Crippen LogP contribution in [0.25, 0.3) is 11.4 Å². The summed E-state index contributed by atoms with van der Waals surface area (Å²) in [6.07, 6.45) is -29.7. The highest BCUT2D eigenvalue weighted by Crippen LogP contribution is 2.56. The number of rotatable bonds is 22. The van der Waals surface area contributed by atoms with Gasteiger partial charge in [-0.1, -0.05) is 32.6 Å². The second-order valence-corrected chi connectivity index (χ2v) is 10.5. The number of halogens is 16. The molecule has 7 nitrogen and oxygen atoms in total. The molecule has 51 heavy (non-hydrogen) atoms. The van der Waals surface area contributed by atoms with Crippen LogP contribution in [0.1, 0.15) is 39.0 Å². The molecule has 0 saturated carbocycles. The third-order valence-electron chi connectivity index (χ3n) is 6.25. The summed E-state index contributed by atoms with van der Waals surface area (Å²) in [6.45, 7) is -2.30. The van der Waals surface area contributed by atoms with Gasteiger partial charge in [0.1, 0.15) is 19.0 Å². The smallest absolute Gasteiger partial charge is 0.460 e. The van der Waals surface area contributed by atoms with Crippen molar-refractivity contribution < 1.29 is 93.9 Å². The van der Waals surface area contributed by atoms with Gasteiger partial charge in [0, 0.05) is 5.56 Å². The van der Waals surface area contributed by atoms with Crippen molar-refractivity contribution in [3.63, 3.8) is 0 Å². The first-order chi connectivity index (χ1) is 23.3. The number of nitrogens with zero attached hydrogens (tertiary/aromatic N) is 2. The summed E-state index contributed by atoms with van der Waals surface area (Å²) < 4.78 is 228. The summed E-state index contributed by atoms with van der Waals surface area (Å²) in [7, 11) is 0. The molecule has 0 unspecified atom stereocenters. The van der Waals surface area contributed by atoms with Gasteiger partial charge < -0.3 is 14.2 Å². The van der Waals surface area contributed by atoms with Crippen molar-refractivity contribution in [2.75, 3.05) is 26.4 Å². The first-order valence-electron chi connectivity index (χ1n) is 14.4. The molecule has 1 aromatic carbocycles. The number of hydrogen-bond donors (Lipinski definition) is 0. The van der Waals surface area contributed by atoms with Crippen LogP contribution in [0.3, 0.4) is 0 Å². The predicted octanol–water partition coefficient (Wildman–Crippen LogP) is 9.46. The van der Waals surface area contributed by atoms with E-state index in [2.05, 4.69) is 26.4 Å². The van der Waals surface area contributed by atoms with Crippen LogP contribution >= 0.6 is 0 Å². The normalized spacial score (nSPS) is 14.5. The van der Waals surface area contributed by atoms with Crippen LogP contribution < -0.4 is 9.47 Å². The average Bonchev–Trinajstić information content (AvgIpc) is 3.00. The van der Waals surface area contributed by atoms with Gasteiger partial charge in [-0.3, -0.25) is 0 Å². The fraction of sp³-hybridized carbons (Fsp3) is 0.643. The minimum absolute atomic E-state index is 0.00957. The number of hydrogen-bond acceptors (Lipinski definition) is 7. The van der Waals surface area contributed by atoms with Crippen molar-refractivity contribution in [1.29, 1.82) is 0 Å². The maximum absolute atomic E-state index is 14.1. The standard InChI is InChI=1S/C28H28F16N2O5/c1-2-3-4-5-6-11-48-20-12-45-21(46-13-20)17-7-9-19(10-8-17)49-15-18(29)14-47-16-22(30,31)50-27(41,42)28(43,44)51-26(39,40)24(34,35)23(32,33)25(36,37)38/h7-10,12-13,18H,2-6,11,14-16H2,1H3/t18-/m0/s1. The molecule has 0 spiro atoms. The van der Waals surface area contributed by atoms with Crippen molar-refractivity contribution in [1.82, 2.24) is 9.97 Å². The van der Waals surface area contributed by atoms with Gasteiger partial charge in [0.25, 0.3) is 0 Å². The SMILES string of the molecule is CCCCCCCOc1cnc(-c2ccc(OC[C@@H](F)COCC(F)(F)OC(F)(F)C(F)(F)OC(F)(F)C(F)(F)C(F)(F)C(F)(F)F)cc2)nc1. The Kier molecular flexibility index (Phi) is 14.6. The Morgan fingerprint density at radius 1 is 0.608 bits per heavy atom. The largest absolute Gasteiger partial charge is 0.490 e. The summed E-state index contributed by atoms with van der Waals surface area (Å²) in [6, 6.07) is 5.56. The lowest BCUT2D eigenvalue weighted by atomic mass is 10.1. The molecule has 0 aliphatic carbocycles. The molecule has 0 radical (unpaired) electrons.